The largest absolute Gasteiger partial charge is 0.506 e. The second kappa shape index (κ2) is 3.94. The van der Waals surface area contributed by atoms with Crippen molar-refractivity contribution in [1.29, 1.82) is 0 Å². The Morgan fingerprint density at radius 1 is 1.50 bits per heavy atom. The van der Waals surface area contributed by atoms with Gasteiger partial charge in [-0.3, -0.25) is 0 Å². The number of aromatic carboxylic acids is 1. The molecular formula is C8H6Cl2O4. The number of carbonyl (C=O) groups is 1. The summed E-state index contributed by atoms with van der Waals surface area (Å²) < 4.78 is 4.74. The summed E-state index contributed by atoms with van der Waals surface area (Å²) in [6, 6.07) is 1.05. The molecule has 1 aromatic rings. The molecule has 0 aromatic heterocycles. The average Bonchev–Trinajstić information content (AvgIpc) is 2.09. The maximum atomic E-state index is 10.8. The summed E-state index contributed by atoms with van der Waals surface area (Å²) in [6.45, 7) is 0. The van der Waals surface area contributed by atoms with E-state index in [9.17, 15) is 9.90 Å². The van der Waals surface area contributed by atoms with E-state index in [-0.39, 0.29) is 27.1 Å². The second-order valence-electron chi connectivity index (χ2n) is 2.40. The Hall–Kier alpha value is -1.13. The number of benzene rings is 1. The molecule has 14 heavy (non-hydrogen) atoms. The highest BCUT2D eigenvalue weighted by atomic mass is 35.5. The number of ether oxygens (including phenoxy) is 1. The molecule has 0 saturated heterocycles. The van der Waals surface area contributed by atoms with Crippen LogP contribution >= 0.6 is 23.2 Å². The van der Waals surface area contributed by atoms with Crippen molar-refractivity contribution in [3.05, 3.63) is 21.7 Å². The lowest BCUT2D eigenvalue weighted by Gasteiger charge is -2.09. The first-order chi connectivity index (χ1) is 6.49. The first-order valence-corrected chi connectivity index (χ1v) is 4.22. The second-order valence-corrected chi connectivity index (χ2v) is 3.19. The van der Waals surface area contributed by atoms with Gasteiger partial charge in [0.15, 0.2) is 5.75 Å². The number of phenolic OH excluding ortho intramolecular Hbond substituents is 1. The Labute approximate surface area is 89.6 Å². The van der Waals surface area contributed by atoms with Gasteiger partial charge in [-0.05, 0) is 0 Å². The van der Waals surface area contributed by atoms with E-state index in [1.807, 2.05) is 0 Å². The molecule has 6 heteroatoms. The van der Waals surface area contributed by atoms with Crippen LogP contribution in [0.25, 0.3) is 0 Å². The number of hydrogen-bond donors (Lipinski definition) is 2. The van der Waals surface area contributed by atoms with Crippen molar-refractivity contribution in [3.63, 3.8) is 0 Å². The van der Waals surface area contributed by atoms with Gasteiger partial charge in [-0.1, -0.05) is 23.2 Å². The van der Waals surface area contributed by atoms with E-state index < -0.39 is 5.97 Å². The van der Waals surface area contributed by atoms with E-state index >= 15 is 0 Å². The predicted molar refractivity (Wildman–Crippen MR) is 51.6 cm³/mol. The van der Waals surface area contributed by atoms with Crippen molar-refractivity contribution < 1.29 is 19.7 Å². The summed E-state index contributed by atoms with van der Waals surface area (Å²) in [5, 5.41) is 17.7. The number of methoxy groups -OCH3 is 1. The summed E-state index contributed by atoms with van der Waals surface area (Å²) in [4.78, 5) is 10.8. The maximum Gasteiger partial charge on any atom is 0.341 e. The third-order valence-corrected chi connectivity index (χ3v) is 2.23. The summed E-state index contributed by atoms with van der Waals surface area (Å²) >= 11 is 11.2. The molecule has 0 bridgehead atoms. The van der Waals surface area contributed by atoms with Gasteiger partial charge < -0.3 is 14.9 Å². The number of rotatable bonds is 2. The van der Waals surface area contributed by atoms with Crippen molar-refractivity contribution in [2.45, 2.75) is 0 Å². The Morgan fingerprint density at radius 2 is 2.07 bits per heavy atom. The first-order valence-electron chi connectivity index (χ1n) is 3.47. The van der Waals surface area contributed by atoms with Crippen LogP contribution in [-0.4, -0.2) is 23.3 Å². The molecule has 0 fully saturated rings. The number of halogens is 2. The van der Waals surface area contributed by atoms with Crippen LogP contribution < -0.4 is 4.74 Å². The van der Waals surface area contributed by atoms with Crippen LogP contribution in [0, 0.1) is 0 Å². The normalized spacial score (nSPS) is 9.93. The van der Waals surface area contributed by atoms with E-state index in [0.29, 0.717) is 0 Å². The van der Waals surface area contributed by atoms with Crippen molar-refractivity contribution >= 4 is 29.2 Å². The molecule has 1 aromatic carbocycles. The zero-order valence-electron chi connectivity index (χ0n) is 7.04. The van der Waals surface area contributed by atoms with Crippen LogP contribution in [0.15, 0.2) is 6.07 Å². The van der Waals surface area contributed by atoms with Crippen LogP contribution in [0.4, 0.5) is 0 Å². The molecule has 0 saturated carbocycles. The molecule has 0 unspecified atom stereocenters. The van der Waals surface area contributed by atoms with Crippen LogP contribution in [0.2, 0.25) is 10.0 Å². The molecule has 0 heterocycles. The third-order valence-electron chi connectivity index (χ3n) is 1.57. The molecule has 0 amide bonds. The number of hydrogen-bond acceptors (Lipinski definition) is 3. The molecule has 76 valence electrons. The van der Waals surface area contributed by atoms with Crippen LogP contribution in [0.3, 0.4) is 0 Å². The standard InChI is InChI=1S/C8H6Cl2O4/c1-14-7-5(8(12)13)3(9)2-4(11)6(7)10/h2,11H,1H3,(H,12,13). The van der Waals surface area contributed by atoms with Gasteiger partial charge in [0.1, 0.15) is 16.3 Å². The SMILES string of the molecule is COc1c(Cl)c(O)cc(Cl)c1C(=O)O. The number of phenols is 1. The summed E-state index contributed by atoms with van der Waals surface area (Å²) in [5.41, 5.74) is -0.267. The van der Waals surface area contributed by atoms with Gasteiger partial charge >= 0.3 is 5.97 Å². The van der Waals surface area contributed by atoms with Crippen LogP contribution in [0.1, 0.15) is 10.4 Å². The summed E-state index contributed by atoms with van der Waals surface area (Å²) in [6.07, 6.45) is 0. The lowest BCUT2D eigenvalue weighted by Crippen LogP contribution is -2.02. The highest BCUT2D eigenvalue weighted by molar-refractivity contribution is 6.38. The van der Waals surface area contributed by atoms with E-state index in [1.165, 1.54) is 7.11 Å². The van der Waals surface area contributed by atoms with Gasteiger partial charge in [-0.25, -0.2) is 4.79 Å². The topological polar surface area (TPSA) is 66.8 Å². The minimum absolute atomic E-state index is 0.128. The molecule has 4 nitrogen and oxygen atoms in total. The fourth-order valence-electron chi connectivity index (χ4n) is 0.981. The molecule has 0 aliphatic heterocycles. The molecule has 0 radical (unpaired) electrons. The number of carboxylic acid groups (broad SMARTS) is 1. The van der Waals surface area contributed by atoms with Crippen molar-refractivity contribution in [1.82, 2.24) is 0 Å². The highest BCUT2D eigenvalue weighted by Gasteiger charge is 2.21. The van der Waals surface area contributed by atoms with Gasteiger partial charge in [0.25, 0.3) is 0 Å². The zero-order valence-corrected chi connectivity index (χ0v) is 8.56. The van der Waals surface area contributed by atoms with E-state index in [0.717, 1.165) is 6.07 Å². The first kappa shape index (κ1) is 10.9. The van der Waals surface area contributed by atoms with E-state index in [1.54, 1.807) is 0 Å². The molecule has 0 aliphatic carbocycles. The van der Waals surface area contributed by atoms with Gasteiger partial charge in [0, 0.05) is 6.07 Å². The van der Waals surface area contributed by atoms with Gasteiger partial charge in [0.2, 0.25) is 0 Å². The minimum Gasteiger partial charge on any atom is -0.506 e. The number of aromatic hydroxyl groups is 1. The van der Waals surface area contributed by atoms with Crippen LogP contribution in [-0.2, 0) is 0 Å². The smallest absolute Gasteiger partial charge is 0.341 e. The summed E-state index contributed by atoms with van der Waals surface area (Å²) in [7, 11) is 1.24. The molecule has 0 atom stereocenters. The predicted octanol–water partition coefficient (Wildman–Crippen LogP) is 2.41. The van der Waals surface area contributed by atoms with Gasteiger partial charge in [-0.15, -0.1) is 0 Å². The van der Waals surface area contributed by atoms with E-state index in [2.05, 4.69) is 0 Å². The van der Waals surface area contributed by atoms with Crippen molar-refractivity contribution in [2.24, 2.45) is 0 Å². The van der Waals surface area contributed by atoms with Gasteiger partial charge in [0.05, 0.1) is 12.1 Å². The van der Waals surface area contributed by atoms with Gasteiger partial charge in [-0.2, -0.15) is 0 Å². The monoisotopic (exact) mass is 236 g/mol. The third kappa shape index (κ3) is 1.71. The van der Waals surface area contributed by atoms with Crippen LogP contribution in [0.5, 0.6) is 11.5 Å². The highest BCUT2D eigenvalue weighted by Crippen LogP contribution is 2.40. The lowest BCUT2D eigenvalue weighted by atomic mass is 10.2. The maximum absolute atomic E-state index is 10.8. The fourth-order valence-corrected chi connectivity index (χ4v) is 1.48. The molecule has 0 aliphatic rings. The zero-order chi connectivity index (χ0) is 10.9. The Balaban J connectivity index is 3.55. The average molecular weight is 237 g/mol. The Morgan fingerprint density at radius 3 is 2.50 bits per heavy atom. The number of carboxylic acids is 1. The lowest BCUT2D eigenvalue weighted by molar-refractivity contribution is 0.0693. The quantitative estimate of drug-likeness (QED) is 0.828. The van der Waals surface area contributed by atoms with Crippen molar-refractivity contribution in [2.75, 3.05) is 7.11 Å². The van der Waals surface area contributed by atoms with Crippen molar-refractivity contribution in [3.8, 4) is 11.5 Å². The Bertz CT molecular complexity index is 389. The Kier molecular flexibility index (Phi) is 3.08. The molecular weight excluding hydrogens is 231 g/mol. The minimum atomic E-state index is -1.27. The summed E-state index contributed by atoms with van der Waals surface area (Å²) in [5.74, 6) is -1.74. The molecule has 0 spiro atoms. The molecule has 2 N–H and O–H groups in total. The fraction of sp³-hybridized carbons (Fsp3) is 0.125. The van der Waals surface area contributed by atoms with E-state index in [4.69, 9.17) is 33.0 Å². The molecule has 1 rings (SSSR count).